The second-order valence-corrected chi connectivity index (χ2v) is 14.0. The molecule has 4 aromatic rings. The minimum absolute atomic E-state index is 0.0177. The molecule has 0 saturated heterocycles. The van der Waals surface area contributed by atoms with Gasteiger partial charge in [-0.25, -0.2) is 9.59 Å². The summed E-state index contributed by atoms with van der Waals surface area (Å²) < 4.78 is 11.5. The third kappa shape index (κ3) is 7.25. The first-order valence-electron chi connectivity index (χ1n) is 14.8. The Labute approximate surface area is 257 Å². The molecule has 4 rings (SSSR count). The van der Waals surface area contributed by atoms with Crippen molar-refractivity contribution in [2.75, 3.05) is 0 Å². The third-order valence-corrected chi connectivity index (χ3v) is 8.17. The molecule has 0 aromatic heterocycles. The molecule has 0 aliphatic carbocycles. The quantitative estimate of drug-likeness (QED) is 0.169. The van der Waals surface area contributed by atoms with Crippen LogP contribution in [0.15, 0.2) is 84.9 Å². The van der Waals surface area contributed by atoms with Gasteiger partial charge in [-0.05, 0) is 94.5 Å². The number of hydrogen-bond acceptors (Lipinski definition) is 4. The van der Waals surface area contributed by atoms with Crippen LogP contribution >= 0.6 is 0 Å². The maximum absolute atomic E-state index is 12.9. The van der Waals surface area contributed by atoms with E-state index in [1.54, 1.807) is 0 Å². The van der Waals surface area contributed by atoms with Gasteiger partial charge in [0.05, 0.1) is 11.1 Å². The van der Waals surface area contributed by atoms with Gasteiger partial charge in [0.1, 0.15) is 11.5 Å². The van der Waals surface area contributed by atoms with Crippen LogP contribution in [-0.2, 0) is 16.2 Å². The highest BCUT2D eigenvalue weighted by Gasteiger charge is 2.26. The lowest BCUT2D eigenvalue weighted by molar-refractivity contribution is 0.0724. The first kappa shape index (κ1) is 31.7. The van der Waals surface area contributed by atoms with E-state index in [9.17, 15) is 9.59 Å². The van der Waals surface area contributed by atoms with Crippen molar-refractivity contribution >= 4 is 11.9 Å². The van der Waals surface area contributed by atoms with Gasteiger partial charge in [-0.1, -0.05) is 104 Å². The second kappa shape index (κ2) is 11.8. The van der Waals surface area contributed by atoms with Gasteiger partial charge in [-0.15, -0.1) is 0 Å². The number of esters is 2. The summed E-state index contributed by atoms with van der Waals surface area (Å²) in [6.07, 6.45) is 0. The lowest BCUT2D eigenvalue weighted by Crippen LogP contribution is -2.20. The number of benzene rings is 4. The van der Waals surface area contributed by atoms with Crippen molar-refractivity contribution in [3.8, 4) is 11.5 Å². The van der Waals surface area contributed by atoms with E-state index < -0.39 is 0 Å². The van der Waals surface area contributed by atoms with Gasteiger partial charge >= 0.3 is 11.9 Å². The van der Waals surface area contributed by atoms with Gasteiger partial charge in [0.15, 0.2) is 0 Å². The van der Waals surface area contributed by atoms with E-state index in [2.05, 4.69) is 67.5 Å². The van der Waals surface area contributed by atoms with Crippen molar-refractivity contribution in [3.05, 3.63) is 129 Å². The van der Waals surface area contributed by atoms with Gasteiger partial charge in [-0.2, -0.15) is 0 Å². The first-order chi connectivity index (χ1) is 20.0. The summed E-state index contributed by atoms with van der Waals surface area (Å²) in [5, 5.41) is 0. The predicted molar refractivity (Wildman–Crippen MR) is 175 cm³/mol. The molecule has 0 radical (unpaired) electrons. The summed E-state index contributed by atoms with van der Waals surface area (Å²) >= 11 is 0. The van der Waals surface area contributed by atoms with Gasteiger partial charge in [0.25, 0.3) is 0 Å². The van der Waals surface area contributed by atoms with Crippen molar-refractivity contribution < 1.29 is 19.1 Å². The summed E-state index contributed by atoms with van der Waals surface area (Å²) in [5.74, 6) is 0.333. The summed E-state index contributed by atoms with van der Waals surface area (Å²) in [5.41, 5.74) is 7.00. The van der Waals surface area contributed by atoms with Crippen molar-refractivity contribution in [2.24, 2.45) is 0 Å². The van der Waals surface area contributed by atoms with Crippen LogP contribution in [-0.4, -0.2) is 11.9 Å². The Balaban J connectivity index is 1.47. The molecule has 0 unspecified atom stereocenters. The van der Waals surface area contributed by atoms with Crippen molar-refractivity contribution in [1.82, 2.24) is 0 Å². The largest absolute Gasteiger partial charge is 0.423 e. The predicted octanol–water partition coefficient (Wildman–Crippen LogP) is 9.66. The minimum Gasteiger partial charge on any atom is -0.423 e. The summed E-state index contributed by atoms with van der Waals surface area (Å²) in [6.45, 7) is 21.1. The molecule has 0 aliphatic heterocycles. The maximum atomic E-state index is 12.9. The van der Waals surface area contributed by atoms with Gasteiger partial charge < -0.3 is 9.47 Å². The molecule has 0 atom stereocenters. The van der Waals surface area contributed by atoms with Crippen molar-refractivity contribution in [2.45, 2.75) is 85.5 Å². The molecule has 4 nitrogen and oxygen atoms in total. The van der Waals surface area contributed by atoms with Crippen molar-refractivity contribution in [3.63, 3.8) is 0 Å². The summed E-state index contributed by atoms with van der Waals surface area (Å²) in [7, 11) is 0. The number of hydrogen-bond donors (Lipinski definition) is 0. The molecular weight excluding hydrogens is 532 g/mol. The molecule has 0 saturated carbocycles. The van der Waals surface area contributed by atoms with Crippen LogP contribution in [0, 0.1) is 13.8 Å². The Hall–Kier alpha value is -4.18. The van der Waals surface area contributed by atoms with Crippen LogP contribution < -0.4 is 9.47 Å². The fourth-order valence-electron chi connectivity index (χ4n) is 5.00. The number of carbonyl (C=O) groups excluding carboxylic acids is 2. The van der Waals surface area contributed by atoms with E-state index in [0.29, 0.717) is 22.6 Å². The number of ether oxygens (including phenoxy) is 2. The minimum atomic E-state index is -0.374. The van der Waals surface area contributed by atoms with Crippen LogP contribution in [0.25, 0.3) is 0 Å². The zero-order chi connectivity index (χ0) is 31.7. The van der Waals surface area contributed by atoms with Crippen LogP contribution in [0.2, 0.25) is 0 Å². The number of rotatable bonds is 6. The molecule has 0 aliphatic rings. The fourth-order valence-corrected chi connectivity index (χ4v) is 5.00. The summed E-state index contributed by atoms with van der Waals surface area (Å²) in [6, 6.07) is 27.1. The van der Waals surface area contributed by atoms with E-state index in [4.69, 9.17) is 9.47 Å². The Morgan fingerprint density at radius 3 is 1.05 bits per heavy atom. The Kier molecular flexibility index (Phi) is 8.74. The molecule has 0 N–H and O–H groups in total. The molecule has 0 spiro atoms. The van der Waals surface area contributed by atoms with Gasteiger partial charge in [0.2, 0.25) is 0 Å². The van der Waals surface area contributed by atoms with E-state index in [1.807, 2.05) is 86.6 Å². The van der Waals surface area contributed by atoms with Crippen LogP contribution in [0.1, 0.15) is 109 Å². The molecule has 0 amide bonds. The van der Waals surface area contributed by atoms with Crippen LogP contribution in [0.3, 0.4) is 0 Å². The van der Waals surface area contributed by atoms with E-state index in [-0.39, 0.29) is 28.2 Å². The molecule has 0 bridgehead atoms. The first-order valence-corrected chi connectivity index (χ1v) is 14.8. The van der Waals surface area contributed by atoms with Crippen LogP contribution in [0.4, 0.5) is 0 Å². The lowest BCUT2D eigenvalue weighted by Gasteiger charge is -2.27. The fraction of sp³-hybridized carbons (Fsp3) is 0.333. The van der Waals surface area contributed by atoms with Gasteiger partial charge in [0, 0.05) is 5.41 Å². The Morgan fingerprint density at radius 2 is 0.767 bits per heavy atom. The summed E-state index contributed by atoms with van der Waals surface area (Å²) in [4.78, 5) is 25.7. The maximum Gasteiger partial charge on any atom is 0.343 e. The van der Waals surface area contributed by atoms with Crippen molar-refractivity contribution in [1.29, 1.82) is 0 Å². The molecule has 0 fully saturated rings. The molecule has 0 heterocycles. The zero-order valence-corrected chi connectivity index (χ0v) is 27.2. The second-order valence-electron chi connectivity index (χ2n) is 14.0. The SMILES string of the molecule is Cc1cc(C(C)(C)c2ccc(OC(=O)c3ccc(C(C)(C)C)cc3)c(C)c2)ccc1OC(=O)c1ccc(C(C)(C)C)cc1. The van der Waals surface area contributed by atoms with E-state index >= 15 is 0 Å². The zero-order valence-electron chi connectivity index (χ0n) is 27.2. The smallest absolute Gasteiger partial charge is 0.343 e. The lowest BCUT2D eigenvalue weighted by atomic mass is 9.77. The van der Waals surface area contributed by atoms with E-state index in [1.165, 1.54) is 11.1 Å². The third-order valence-electron chi connectivity index (χ3n) is 8.17. The topological polar surface area (TPSA) is 52.6 Å². The van der Waals surface area contributed by atoms with Crippen LogP contribution in [0.5, 0.6) is 11.5 Å². The number of aryl methyl sites for hydroxylation is 2. The average Bonchev–Trinajstić information content (AvgIpc) is 2.94. The number of carbonyl (C=O) groups is 2. The van der Waals surface area contributed by atoms with Gasteiger partial charge in [-0.3, -0.25) is 0 Å². The molecular formula is C39H44O4. The van der Waals surface area contributed by atoms with E-state index in [0.717, 1.165) is 22.3 Å². The highest BCUT2D eigenvalue weighted by Crippen LogP contribution is 2.36. The normalized spacial score (nSPS) is 12.1. The highest BCUT2D eigenvalue weighted by molar-refractivity contribution is 5.92. The Morgan fingerprint density at radius 1 is 0.465 bits per heavy atom. The molecule has 224 valence electrons. The highest BCUT2D eigenvalue weighted by atomic mass is 16.5. The molecule has 43 heavy (non-hydrogen) atoms. The average molecular weight is 577 g/mol. The monoisotopic (exact) mass is 576 g/mol. The standard InChI is InChI=1S/C39H44O4/c1-25-23-31(19-21-33(25)42-35(40)27-11-15-29(16-12-27)37(3,4)5)39(9,10)32-20-22-34(26(2)24-32)43-36(41)28-13-17-30(18-14-28)38(6,7)8/h11-24H,1-10H3. The molecule has 4 aromatic carbocycles. The molecule has 4 heteroatoms. The Bertz CT molecular complexity index is 1500.